The van der Waals surface area contributed by atoms with Crippen molar-refractivity contribution in [2.75, 3.05) is 13.6 Å². The van der Waals surface area contributed by atoms with Crippen LogP contribution in [0.4, 0.5) is 0 Å². The number of nitriles is 1. The maximum Gasteiger partial charge on any atom is 0.138 e. The standard InChI is InChI=1S/C8H12N2O/c1-10-4-2-3-8(10)7(5-9)6-11/h6-8H,2-4H2,1H3. The third-order valence-electron chi connectivity index (χ3n) is 2.29. The van der Waals surface area contributed by atoms with Crippen molar-refractivity contribution >= 4 is 6.29 Å². The van der Waals surface area contributed by atoms with E-state index in [9.17, 15) is 4.79 Å². The molecule has 2 unspecified atom stereocenters. The minimum atomic E-state index is -0.428. The van der Waals surface area contributed by atoms with Crippen LogP contribution in [0, 0.1) is 17.2 Å². The second kappa shape index (κ2) is 3.49. The third kappa shape index (κ3) is 1.58. The predicted molar refractivity (Wildman–Crippen MR) is 40.8 cm³/mol. The zero-order chi connectivity index (χ0) is 8.27. The number of carbonyl (C=O) groups excluding carboxylic acids is 1. The summed E-state index contributed by atoms with van der Waals surface area (Å²) in [5.41, 5.74) is 0. The van der Waals surface area contributed by atoms with E-state index in [2.05, 4.69) is 4.90 Å². The van der Waals surface area contributed by atoms with Gasteiger partial charge in [0.1, 0.15) is 12.2 Å². The highest BCUT2D eigenvalue weighted by molar-refractivity contribution is 5.59. The summed E-state index contributed by atoms with van der Waals surface area (Å²) in [7, 11) is 1.96. The van der Waals surface area contributed by atoms with Gasteiger partial charge in [-0.05, 0) is 26.4 Å². The Balaban J connectivity index is 2.58. The molecule has 1 fully saturated rings. The summed E-state index contributed by atoms with van der Waals surface area (Å²) >= 11 is 0. The summed E-state index contributed by atoms with van der Waals surface area (Å²) in [6.07, 6.45) is 2.84. The van der Waals surface area contributed by atoms with Crippen LogP contribution in [0.3, 0.4) is 0 Å². The Morgan fingerprint density at radius 3 is 2.91 bits per heavy atom. The number of rotatable bonds is 2. The molecule has 0 N–H and O–H groups in total. The molecule has 1 rings (SSSR count). The van der Waals surface area contributed by atoms with E-state index < -0.39 is 5.92 Å². The van der Waals surface area contributed by atoms with E-state index in [0.29, 0.717) is 0 Å². The minimum Gasteiger partial charge on any atom is -0.302 e. The largest absolute Gasteiger partial charge is 0.302 e. The molecule has 0 aromatic heterocycles. The van der Waals surface area contributed by atoms with Gasteiger partial charge in [-0.3, -0.25) is 0 Å². The van der Waals surface area contributed by atoms with Gasteiger partial charge in [-0.1, -0.05) is 0 Å². The van der Waals surface area contributed by atoms with Gasteiger partial charge in [-0.15, -0.1) is 0 Å². The molecule has 0 amide bonds. The molecule has 11 heavy (non-hydrogen) atoms. The lowest BCUT2D eigenvalue weighted by Gasteiger charge is -2.19. The van der Waals surface area contributed by atoms with E-state index >= 15 is 0 Å². The third-order valence-corrected chi connectivity index (χ3v) is 2.29. The highest BCUT2D eigenvalue weighted by Gasteiger charge is 2.28. The normalized spacial score (nSPS) is 27.8. The number of hydrogen-bond acceptors (Lipinski definition) is 3. The first kappa shape index (κ1) is 8.22. The molecular formula is C8H12N2O. The summed E-state index contributed by atoms with van der Waals surface area (Å²) in [4.78, 5) is 12.5. The molecule has 0 aromatic carbocycles. The van der Waals surface area contributed by atoms with Gasteiger partial charge >= 0.3 is 0 Å². The van der Waals surface area contributed by atoms with E-state index in [4.69, 9.17) is 5.26 Å². The van der Waals surface area contributed by atoms with Gasteiger partial charge < -0.3 is 9.69 Å². The molecule has 1 heterocycles. The van der Waals surface area contributed by atoms with Crippen molar-refractivity contribution in [3.8, 4) is 6.07 Å². The van der Waals surface area contributed by atoms with Gasteiger partial charge in [0.15, 0.2) is 0 Å². The van der Waals surface area contributed by atoms with E-state index in [-0.39, 0.29) is 6.04 Å². The maximum absolute atomic E-state index is 10.4. The predicted octanol–water partition coefficient (Wildman–Crippen LogP) is 0.419. The Morgan fingerprint density at radius 1 is 1.82 bits per heavy atom. The summed E-state index contributed by atoms with van der Waals surface area (Å²) in [5, 5.41) is 8.60. The molecule has 0 radical (unpaired) electrons. The minimum absolute atomic E-state index is 0.164. The monoisotopic (exact) mass is 152 g/mol. The topological polar surface area (TPSA) is 44.1 Å². The van der Waals surface area contributed by atoms with Crippen LogP contribution < -0.4 is 0 Å². The molecule has 1 aliphatic rings. The van der Waals surface area contributed by atoms with Crippen LogP contribution in [0.25, 0.3) is 0 Å². The lowest BCUT2D eigenvalue weighted by Crippen LogP contribution is -2.32. The van der Waals surface area contributed by atoms with Gasteiger partial charge in [-0.25, -0.2) is 0 Å². The Kier molecular flexibility index (Phi) is 2.61. The highest BCUT2D eigenvalue weighted by atomic mass is 16.1. The Hall–Kier alpha value is -0.880. The average molecular weight is 152 g/mol. The molecule has 0 saturated carbocycles. The van der Waals surface area contributed by atoms with Crippen LogP contribution in [-0.4, -0.2) is 30.8 Å². The zero-order valence-electron chi connectivity index (χ0n) is 6.66. The molecule has 0 aliphatic carbocycles. The van der Waals surface area contributed by atoms with Crippen molar-refractivity contribution in [1.82, 2.24) is 4.90 Å². The average Bonchev–Trinajstić information content (AvgIpc) is 2.40. The van der Waals surface area contributed by atoms with E-state index in [1.807, 2.05) is 13.1 Å². The van der Waals surface area contributed by atoms with Gasteiger partial charge in [0.2, 0.25) is 0 Å². The summed E-state index contributed by atoms with van der Waals surface area (Å²) in [6.45, 7) is 1.01. The van der Waals surface area contributed by atoms with Crippen molar-refractivity contribution in [2.45, 2.75) is 18.9 Å². The smallest absolute Gasteiger partial charge is 0.138 e. The van der Waals surface area contributed by atoms with Crippen molar-refractivity contribution in [2.24, 2.45) is 5.92 Å². The van der Waals surface area contributed by atoms with Crippen LogP contribution in [0.5, 0.6) is 0 Å². The maximum atomic E-state index is 10.4. The Labute approximate surface area is 66.6 Å². The van der Waals surface area contributed by atoms with Crippen LogP contribution in [0.2, 0.25) is 0 Å². The SMILES string of the molecule is CN1CCCC1C(C#N)C=O. The van der Waals surface area contributed by atoms with Crippen LogP contribution in [0.1, 0.15) is 12.8 Å². The first-order chi connectivity index (χ1) is 5.29. The van der Waals surface area contributed by atoms with Gasteiger partial charge in [0.05, 0.1) is 6.07 Å². The second-order valence-electron chi connectivity index (χ2n) is 2.98. The van der Waals surface area contributed by atoms with Crippen molar-refractivity contribution < 1.29 is 4.79 Å². The molecular weight excluding hydrogens is 140 g/mol. The van der Waals surface area contributed by atoms with E-state index in [1.54, 1.807) is 0 Å². The number of carbonyl (C=O) groups is 1. The highest BCUT2D eigenvalue weighted by Crippen LogP contribution is 2.20. The van der Waals surface area contributed by atoms with Crippen molar-refractivity contribution in [3.63, 3.8) is 0 Å². The first-order valence-corrected chi connectivity index (χ1v) is 3.84. The van der Waals surface area contributed by atoms with Crippen molar-refractivity contribution in [1.29, 1.82) is 5.26 Å². The van der Waals surface area contributed by atoms with Gasteiger partial charge in [-0.2, -0.15) is 5.26 Å². The van der Waals surface area contributed by atoms with Crippen LogP contribution in [-0.2, 0) is 4.79 Å². The molecule has 2 atom stereocenters. The zero-order valence-corrected chi connectivity index (χ0v) is 6.66. The molecule has 0 aromatic rings. The fourth-order valence-corrected chi connectivity index (χ4v) is 1.60. The number of nitrogens with zero attached hydrogens (tertiary/aromatic N) is 2. The summed E-state index contributed by atoms with van der Waals surface area (Å²) in [5.74, 6) is -0.428. The van der Waals surface area contributed by atoms with Crippen molar-refractivity contribution in [3.05, 3.63) is 0 Å². The van der Waals surface area contributed by atoms with Crippen LogP contribution in [0.15, 0.2) is 0 Å². The van der Waals surface area contributed by atoms with Gasteiger partial charge in [0, 0.05) is 6.04 Å². The molecule has 0 spiro atoms. The lowest BCUT2D eigenvalue weighted by atomic mass is 10.0. The first-order valence-electron chi connectivity index (χ1n) is 3.84. The van der Waals surface area contributed by atoms with E-state index in [1.165, 1.54) is 0 Å². The summed E-state index contributed by atoms with van der Waals surface area (Å²) in [6, 6.07) is 2.18. The fraction of sp³-hybridized carbons (Fsp3) is 0.750. The number of likely N-dealkylation sites (tertiary alicyclic amines) is 1. The Morgan fingerprint density at radius 2 is 2.55 bits per heavy atom. The van der Waals surface area contributed by atoms with Crippen LogP contribution >= 0.6 is 0 Å². The molecule has 3 nitrogen and oxygen atoms in total. The molecule has 0 bridgehead atoms. The lowest BCUT2D eigenvalue weighted by molar-refractivity contribution is -0.110. The van der Waals surface area contributed by atoms with Gasteiger partial charge in [0.25, 0.3) is 0 Å². The molecule has 3 heteroatoms. The summed E-state index contributed by atoms with van der Waals surface area (Å²) < 4.78 is 0. The number of aldehydes is 1. The number of hydrogen-bond donors (Lipinski definition) is 0. The fourth-order valence-electron chi connectivity index (χ4n) is 1.60. The molecule has 1 saturated heterocycles. The Bertz CT molecular complexity index is 185. The van der Waals surface area contributed by atoms with E-state index in [0.717, 1.165) is 25.7 Å². The molecule has 1 aliphatic heterocycles. The second-order valence-corrected chi connectivity index (χ2v) is 2.98. The quantitative estimate of drug-likeness (QED) is 0.538. The molecule has 60 valence electrons.